The van der Waals surface area contributed by atoms with E-state index in [2.05, 4.69) is 11.4 Å². The molecule has 0 unspecified atom stereocenters. The average molecular weight is 199 g/mol. The molecule has 1 aromatic rings. The smallest absolute Gasteiger partial charge is 0.191 e. The Kier molecular flexibility index (Phi) is 1.88. The van der Waals surface area contributed by atoms with Crippen LogP contribution in [0.5, 0.6) is 0 Å². The molecule has 2 heteroatoms. The van der Waals surface area contributed by atoms with Crippen LogP contribution in [0.1, 0.15) is 28.8 Å². The second-order valence-corrected chi connectivity index (χ2v) is 4.15. The van der Waals surface area contributed by atoms with Gasteiger partial charge in [-0.05, 0) is 18.4 Å². The zero-order valence-electron chi connectivity index (χ0n) is 8.55. The molecule has 0 saturated carbocycles. The van der Waals surface area contributed by atoms with Crippen LogP contribution in [-0.2, 0) is 6.42 Å². The molecule has 0 aromatic heterocycles. The van der Waals surface area contributed by atoms with Gasteiger partial charge in [0.15, 0.2) is 5.78 Å². The monoisotopic (exact) mass is 199 g/mol. The minimum Gasteiger partial charge on any atom is -0.388 e. The minimum absolute atomic E-state index is 0.231. The van der Waals surface area contributed by atoms with Crippen molar-refractivity contribution in [2.45, 2.75) is 19.3 Å². The molecule has 1 N–H and O–H groups in total. The highest BCUT2D eigenvalue weighted by Crippen LogP contribution is 2.29. The van der Waals surface area contributed by atoms with Gasteiger partial charge in [0.2, 0.25) is 0 Å². The van der Waals surface area contributed by atoms with Gasteiger partial charge in [0, 0.05) is 29.8 Å². The topological polar surface area (TPSA) is 29.1 Å². The number of carbonyl (C=O) groups is 1. The van der Waals surface area contributed by atoms with Gasteiger partial charge < -0.3 is 5.32 Å². The SMILES string of the molecule is O=C1/C(=C2/CCCN2)Cc2ccccc21. The van der Waals surface area contributed by atoms with Crippen LogP contribution >= 0.6 is 0 Å². The first kappa shape index (κ1) is 8.72. The van der Waals surface area contributed by atoms with E-state index in [1.54, 1.807) is 0 Å². The van der Waals surface area contributed by atoms with Gasteiger partial charge in [0.05, 0.1) is 0 Å². The number of allylic oxidation sites excluding steroid dienone is 2. The molecule has 76 valence electrons. The van der Waals surface area contributed by atoms with Crippen molar-refractivity contribution in [2.24, 2.45) is 0 Å². The van der Waals surface area contributed by atoms with Gasteiger partial charge in [-0.15, -0.1) is 0 Å². The normalized spacial score (nSPS) is 24.1. The fraction of sp³-hybridized carbons (Fsp3) is 0.308. The molecule has 3 rings (SSSR count). The molecular weight excluding hydrogens is 186 g/mol. The summed E-state index contributed by atoms with van der Waals surface area (Å²) in [5.41, 5.74) is 4.25. The molecule has 2 aliphatic rings. The average Bonchev–Trinajstić information content (AvgIpc) is 2.87. The van der Waals surface area contributed by atoms with Gasteiger partial charge in [0.25, 0.3) is 0 Å². The van der Waals surface area contributed by atoms with E-state index < -0.39 is 0 Å². The number of benzene rings is 1. The molecule has 15 heavy (non-hydrogen) atoms. The number of hydrogen-bond donors (Lipinski definition) is 1. The lowest BCUT2D eigenvalue weighted by molar-refractivity contribution is 0.103. The lowest BCUT2D eigenvalue weighted by Crippen LogP contribution is -2.10. The van der Waals surface area contributed by atoms with Crippen molar-refractivity contribution in [2.75, 3.05) is 6.54 Å². The van der Waals surface area contributed by atoms with Gasteiger partial charge >= 0.3 is 0 Å². The van der Waals surface area contributed by atoms with Crippen molar-refractivity contribution >= 4 is 5.78 Å². The van der Waals surface area contributed by atoms with Gasteiger partial charge in [0.1, 0.15) is 0 Å². The number of hydrogen-bond acceptors (Lipinski definition) is 2. The zero-order chi connectivity index (χ0) is 10.3. The van der Waals surface area contributed by atoms with Crippen LogP contribution in [0.2, 0.25) is 0 Å². The van der Waals surface area contributed by atoms with Crippen LogP contribution in [0.15, 0.2) is 35.5 Å². The van der Waals surface area contributed by atoms with Crippen LogP contribution in [0.25, 0.3) is 0 Å². The van der Waals surface area contributed by atoms with Crippen LogP contribution in [0.3, 0.4) is 0 Å². The van der Waals surface area contributed by atoms with Crippen LogP contribution in [0.4, 0.5) is 0 Å². The molecule has 0 amide bonds. The van der Waals surface area contributed by atoms with Crippen molar-refractivity contribution < 1.29 is 4.79 Å². The molecule has 0 radical (unpaired) electrons. The molecule has 1 aliphatic carbocycles. The molecule has 1 aromatic carbocycles. The number of carbonyl (C=O) groups excluding carboxylic acids is 1. The Morgan fingerprint density at radius 3 is 2.80 bits per heavy atom. The largest absolute Gasteiger partial charge is 0.388 e. The standard InChI is InChI=1S/C13H13NO/c15-13-10-5-2-1-4-9(10)8-11(13)12-6-3-7-14-12/h1-2,4-5,14H,3,6-8H2/b12-11-. The Morgan fingerprint density at radius 1 is 1.20 bits per heavy atom. The van der Waals surface area contributed by atoms with Crippen molar-refractivity contribution in [3.63, 3.8) is 0 Å². The first-order chi connectivity index (χ1) is 7.36. The molecule has 0 spiro atoms. The lowest BCUT2D eigenvalue weighted by atomic mass is 10.1. The Morgan fingerprint density at radius 2 is 2.07 bits per heavy atom. The Labute approximate surface area is 89.0 Å². The number of fused-ring (bicyclic) bond motifs is 1. The maximum atomic E-state index is 12.1. The first-order valence-corrected chi connectivity index (χ1v) is 5.45. The van der Waals surface area contributed by atoms with Crippen molar-refractivity contribution in [1.82, 2.24) is 5.32 Å². The summed E-state index contributed by atoms with van der Waals surface area (Å²) in [6.07, 6.45) is 3.01. The Bertz CT molecular complexity index is 451. The van der Waals surface area contributed by atoms with Crippen LogP contribution in [-0.4, -0.2) is 12.3 Å². The van der Waals surface area contributed by atoms with Crippen LogP contribution < -0.4 is 5.32 Å². The molecule has 0 atom stereocenters. The third-order valence-corrected chi connectivity index (χ3v) is 3.21. The summed E-state index contributed by atoms with van der Waals surface area (Å²) in [5, 5.41) is 3.32. The predicted molar refractivity (Wildman–Crippen MR) is 58.7 cm³/mol. The summed E-state index contributed by atoms with van der Waals surface area (Å²) in [6, 6.07) is 7.92. The highest BCUT2D eigenvalue weighted by molar-refractivity contribution is 6.13. The molecule has 0 bridgehead atoms. The van der Waals surface area contributed by atoms with Gasteiger partial charge in [-0.2, -0.15) is 0 Å². The third-order valence-electron chi connectivity index (χ3n) is 3.21. The van der Waals surface area contributed by atoms with E-state index in [9.17, 15) is 4.79 Å². The van der Waals surface area contributed by atoms with E-state index in [1.165, 1.54) is 11.3 Å². The van der Waals surface area contributed by atoms with Gasteiger partial charge in [-0.1, -0.05) is 24.3 Å². The summed E-state index contributed by atoms with van der Waals surface area (Å²) in [4.78, 5) is 12.1. The summed E-state index contributed by atoms with van der Waals surface area (Å²) in [5.74, 6) is 0.231. The highest BCUT2D eigenvalue weighted by atomic mass is 16.1. The fourth-order valence-corrected chi connectivity index (χ4v) is 2.42. The molecule has 1 heterocycles. The third kappa shape index (κ3) is 1.29. The number of Topliss-reactive ketones (excluding diaryl/α,β-unsaturated/α-hetero) is 1. The maximum Gasteiger partial charge on any atom is 0.191 e. The second kappa shape index (κ2) is 3.23. The first-order valence-electron chi connectivity index (χ1n) is 5.45. The van der Waals surface area contributed by atoms with E-state index in [1.807, 2.05) is 18.2 Å². The molecular formula is C13H13NO. The zero-order valence-corrected chi connectivity index (χ0v) is 8.55. The van der Waals surface area contributed by atoms with E-state index in [0.29, 0.717) is 0 Å². The molecule has 1 saturated heterocycles. The molecule has 2 nitrogen and oxygen atoms in total. The van der Waals surface area contributed by atoms with Crippen LogP contribution in [0, 0.1) is 0 Å². The second-order valence-electron chi connectivity index (χ2n) is 4.15. The number of ketones is 1. The molecule has 1 aliphatic heterocycles. The quantitative estimate of drug-likeness (QED) is 0.648. The summed E-state index contributed by atoms with van der Waals surface area (Å²) in [6.45, 7) is 1.02. The minimum atomic E-state index is 0.231. The summed E-state index contributed by atoms with van der Waals surface area (Å²) < 4.78 is 0. The van der Waals surface area contributed by atoms with Gasteiger partial charge in [-0.3, -0.25) is 4.79 Å². The predicted octanol–water partition coefficient (Wildman–Crippen LogP) is 2.06. The van der Waals surface area contributed by atoms with Gasteiger partial charge in [-0.25, -0.2) is 0 Å². The maximum absolute atomic E-state index is 12.1. The van der Waals surface area contributed by atoms with E-state index in [-0.39, 0.29) is 5.78 Å². The summed E-state index contributed by atoms with van der Waals surface area (Å²) >= 11 is 0. The highest BCUT2D eigenvalue weighted by Gasteiger charge is 2.27. The van der Waals surface area contributed by atoms with Crippen molar-refractivity contribution in [1.29, 1.82) is 0 Å². The number of nitrogens with one attached hydrogen (secondary N) is 1. The van der Waals surface area contributed by atoms with E-state index >= 15 is 0 Å². The van der Waals surface area contributed by atoms with E-state index in [4.69, 9.17) is 0 Å². The van der Waals surface area contributed by atoms with Crippen molar-refractivity contribution in [3.05, 3.63) is 46.7 Å². The van der Waals surface area contributed by atoms with E-state index in [0.717, 1.165) is 36.9 Å². The fourth-order valence-electron chi connectivity index (χ4n) is 2.42. The Balaban J connectivity index is 2.06. The number of rotatable bonds is 0. The molecule has 1 fully saturated rings. The lowest BCUT2D eigenvalue weighted by Gasteiger charge is -2.02. The van der Waals surface area contributed by atoms with Crippen molar-refractivity contribution in [3.8, 4) is 0 Å². The summed E-state index contributed by atoms with van der Waals surface area (Å²) in [7, 11) is 0. The Hall–Kier alpha value is -1.57.